The number of hydrogen-bond acceptors (Lipinski definition) is 0. The molecule has 5 aliphatic carbocycles. The Morgan fingerprint density at radius 1 is 0.864 bits per heavy atom. The van der Waals surface area contributed by atoms with Crippen LogP contribution >= 0.6 is 0 Å². The van der Waals surface area contributed by atoms with Crippen LogP contribution in [0, 0.1) is 36.5 Å². The van der Waals surface area contributed by atoms with Gasteiger partial charge in [0.25, 0.3) is 0 Å². The first kappa shape index (κ1) is 12.6. The molecule has 7 unspecified atom stereocenters. The topological polar surface area (TPSA) is 0 Å². The van der Waals surface area contributed by atoms with Crippen molar-refractivity contribution in [3.63, 3.8) is 0 Å². The molecule has 0 aliphatic heterocycles. The normalized spacial score (nSPS) is 47.2. The highest BCUT2D eigenvalue weighted by molar-refractivity contribution is 5.50. The van der Waals surface area contributed by atoms with E-state index in [-0.39, 0.29) is 0 Å². The van der Waals surface area contributed by atoms with Gasteiger partial charge in [-0.25, -0.2) is 0 Å². The Morgan fingerprint density at radius 3 is 2.55 bits per heavy atom. The maximum atomic E-state index is 2.55. The summed E-state index contributed by atoms with van der Waals surface area (Å²) >= 11 is 0. The third-order valence-electron chi connectivity index (χ3n) is 8.61. The average molecular weight is 292 g/mol. The van der Waals surface area contributed by atoms with E-state index in [1.54, 1.807) is 24.8 Å². The monoisotopic (exact) mass is 292 g/mol. The van der Waals surface area contributed by atoms with E-state index < -0.39 is 0 Å². The fourth-order valence-electron chi connectivity index (χ4n) is 7.88. The number of fused-ring (bicyclic) bond motifs is 9. The molecule has 4 fully saturated rings. The molecule has 0 saturated heterocycles. The lowest BCUT2D eigenvalue weighted by atomic mass is 9.78. The van der Waals surface area contributed by atoms with Crippen molar-refractivity contribution in [3.8, 4) is 0 Å². The van der Waals surface area contributed by atoms with E-state index in [4.69, 9.17) is 0 Å². The van der Waals surface area contributed by atoms with Crippen LogP contribution in [0.4, 0.5) is 0 Å². The number of aryl methyl sites for hydroxylation is 1. The first-order valence-electron chi connectivity index (χ1n) is 9.92. The molecule has 0 amide bonds. The highest BCUT2D eigenvalue weighted by Crippen LogP contribution is 2.63. The number of benzene rings is 1. The average Bonchev–Trinajstić information content (AvgIpc) is 3.30. The molecule has 0 aromatic heterocycles. The van der Waals surface area contributed by atoms with Crippen molar-refractivity contribution < 1.29 is 0 Å². The molecule has 1 aromatic rings. The highest BCUT2D eigenvalue weighted by atomic mass is 14.6. The van der Waals surface area contributed by atoms with Gasteiger partial charge in [-0.1, -0.05) is 18.6 Å². The lowest BCUT2D eigenvalue weighted by molar-refractivity contribution is 0.309. The number of rotatable bonds is 1. The van der Waals surface area contributed by atoms with E-state index in [2.05, 4.69) is 19.1 Å². The predicted octanol–water partition coefficient (Wildman–Crippen LogP) is 5.58. The van der Waals surface area contributed by atoms with Crippen molar-refractivity contribution in [3.05, 3.63) is 34.4 Å². The van der Waals surface area contributed by atoms with Crippen LogP contribution in [-0.2, 0) is 6.42 Å². The molecule has 0 heterocycles. The van der Waals surface area contributed by atoms with E-state index in [1.807, 2.05) is 16.7 Å². The lowest BCUT2D eigenvalue weighted by Gasteiger charge is -2.27. The minimum atomic E-state index is 0.935. The van der Waals surface area contributed by atoms with Crippen LogP contribution in [0.25, 0.3) is 0 Å². The van der Waals surface area contributed by atoms with Crippen LogP contribution in [0.1, 0.15) is 79.0 Å². The van der Waals surface area contributed by atoms with Crippen molar-refractivity contribution in [1.29, 1.82) is 0 Å². The van der Waals surface area contributed by atoms with Gasteiger partial charge >= 0.3 is 0 Å². The molecule has 7 atom stereocenters. The van der Waals surface area contributed by atoms with E-state index in [0.717, 1.165) is 41.4 Å². The van der Waals surface area contributed by atoms with Gasteiger partial charge < -0.3 is 0 Å². The molecule has 0 spiro atoms. The SMILES string of the molecule is Cc1ccc2c(c1C1CC3CCC1C3)CC1C3CCC(C3)C21. The van der Waals surface area contributed by atoms with Crippen LogP contribution in [0.3, 0.4) is 0 Å². The maximum absolute atomic E-state index is 2.55. The summed E-state index contributed by atoms with van der Waals surface area (Å²) in [4.78, 5) is 0. The summed E-state index contributed by atoms with van der Waals surface area (Å²) in [6.45, 7) is 2.41. The molecule has 5 aliphatic rings. The van der Waals surface area contributed by atoms with Gasteiger partial charge in [-0.2, -0.15) is 0 Å². The summed E-state index contributed by atoms with van der Waals surface area (Å²) in [7, 11) is 0. The third-order valence-corrected chi connectivity index (χ3v) is 8.61. The van der Waals surface area contributed by atoms with Crippen molar-refractivity contribution in [2.45, 2.75) is 70.1 Å². The molecular weight excluding hydrogens is 264 g/mol. The van der Waals surface area contributed by atoms with E-state index >= 15 is 0 Å². The molecule has 116 valence electrons. The second-order valence-electron chi connectivity index (χ2n) is 9.37. The summed E-state index contributed by atoms with van der Waals surface area (Å²) < 4.78 is 0. The van der Waals surface area contributed by atoms with Crippen molar-refractivity contribution >= 4 is 0 Å². The van der Waals surface area contributed by atoms with Gasteiger partial charge in [0.2, 0.25) is 0 Å². The molecule has 0 N–H and O–H groups in total. The zero-order chi connectivity index (χ0) is 14.4. The van der Waals surface area contributed by atoms with Crippen molar-refractivity contribution in [2.75, 3.05) is 0 Å². The van der Waals surface area contributed by atoms with Gasteiger partial charge in [-0.15, -0.1) is 0 Å². The minimum Gasteiger partial charge on any atom is -0.0587 e. The Hall–Kier alpha value is -0.780. The quantitative estimate of drug-likeness (QED) is 0.633. The lowest BCUT2D eigenvalue weighted by Crippen LogP contribution is -2.16. The zero-order valence-electron chi connectivity index (χ0n) is 13.9. The zero-order valence-corrected chi connectivity index (χ0v) is 13.9. The predicted molar refractivity (Wildman–Crippen MR) is 90.1 cm³/mol. The van der Waals surface area contributed by atoms with Crippen LogP contribution in [0.15, 0.2) is 12.1 Å². The van der Waals surface area contributed by atoms with Gasteiger partial charge in [0.1, 0.15) is 0 Å². The van der Waals surface area contributed by atoms with Gasteiger partial charge in [0.15, 0.2) is 0 Å². The van der Waals surface area contributed by atoms with Crippen LogP contribution in [0.5, 0.6) is 0 Å². The minimum absolute atomic E-state index is 0.935. The summed E-state index contributed by atoms with van der Waals surface area (Å²) in [6.07, 6.45) is 12.2. The second kappa shape index (κ2) is 4.19. The Bertz CT molecular complexity index is 642. The Labute approximate surface area is 134 Å². The first-order valence-corrected chi connectivity index (χ1v) is 9.92. The number of hydrogen-bond donors (Lipinski definition) is 0. The van der Waals surface area contributed by atoms with Crippen LogP contribution in [-0.4, -0.2) is 0 Å². The molecule has 22 heavy (non-hydrogen) atoms. The molecule has 0 nitrogen and oxygen atoms in total. The van der Waals surface area contributed by atoms with Crippen LogP contribution in [0.2, 0.25) is 0 Å². The van der Waals surface area contributed by atoms with Gasteiger partial charge in [-0.05, 0) is 116 Å². The molecule has 0 radical (unpaired) electrons. The van der Waals surface area contributed by atoms with Gasteiger partial charge in [0, 0.05) is 0 Å². The Morgan fingerprint density at radius 2 is 1.73 bits per heavy atom. The third kappa shape index (κ3) is 1.46. The molecule has 4 bridgehead atoms. The fourth-order valence-corrected chi connectivity index (χ4v) is 7.88. The molecule has 1 aromatic carbocycles. The second-order valence-corrected chi connectivity index (χ2v) is 9.37. The van der Waals surface area contributed by atoms with Gasteiger partial charge in [-0.3, -0.25) is 0 Å². The summed E-state index contributed by atoms with van der Waals surface area (Å²) in [5, 5.41) is 0. The summed E-state index contributed by atoms with van der Waals surface area (Å²) in [6, 6.07) is 5.04. The van der Waals surface area contributed by atoms with Crippen LogP contribution < -0.4 is 0 Å². The van der Waals surface area contributed by atoms with Gasteiger partial charge in [0.05, 0.1) is 0 Å². The summed E-state index contributed by atoms with van der Waals surface area (Å²) in [5.74, 6) is 7.17. The molecule has 0 heteroatoms. The Kier molecular flexibility index (Phi) is 2.40. The summed E-state index contributed by atoms with van der Waals surface area (Å²) in [5.41, 5.74) is 7.17. The first-order chi connectivity index (χ1) is 10.8. The Balaban J connectivity index is 1.47. The highest BCUT2D eigenvalue weighted by Gasteiger charge is 2.52. The molecular formula is C22H28. The van der Waals surface area contributed by atoms with E-state index in [0.29, 0.717) is 0 Å². The maximum Gasteiger partial charge on any atom is -0.00965 e. The smallest absolute Gasteiger partial charge is 0.00965 e. The fraction of sp³-hybridized carbons (Fsp3) is 0.727. The molecule has 4 saturated carbocycles. The van der Waals surface area contributed by atoms with E-state index in [9.17, 15) is 0 Å². The standard InChI is InChI=1S/C22H28/c1-12-2-7-17-20(11-19-15-5-6-16(10-15)22(17)19)21(12)18-9-13-3-4-14(18)8-13/h2,7,13-16,18-19,22H,3-6,8-11H2,1H3. The molecule has 6 rings (SSSR count). The largest absolute Gasteiger partial charge is 0.0587 e. The van der Waals surface area contributed by atoms with Crippen molar-refractivity contribution in [1.82, 2.24) is 0 Å². The van der Waals surface area contributed by atoms with Crippen molar-refractivity contribution in [2.24, 2.45) is 29.6 Å². The van der Waals surface area contributed by atoms with E-state index in [1.165, 1.54) is 32.1 Å².